The van der Waals surface area contributed by atoms with Crippen LogP contribution in [-0.4, -0.2) is 38.1 Å². The Bertz CT molecular complexity index is 1020. The van der Waals surface area contributed by atoms with Crippen molar-refractivity contribution in [2.24, 2.45) is 11.7 Å². The lowest BCUT2D eigenvalue weighted by atomic mass is 10.2. The van der Waals surface area contributed by atoms with Crippen LogP contribution in [0.1, 0.15) is 38.1 Å². The van der Waals surface area contributed by atoms with E-state index in [2.05, 4.69) is 43.1 Å². The molecule has 3 aliphatic rings. The summed E-state index contributed by atoms with van der Waals surface area (Å²) in [4.78, 5) is 16.1. The minimum absolute atomic E-state index is 0.0500. The van der Waals surface area contributed by atoms with Crippen molar-refractivity contribution in [1.29, 1.82) is 0 Å². The van der Waals surface area contributed by atoms with E-state index in [1.54, 1.807) is 0 Å². The van der Waals surface area contributed by atoms with E-state index in [1.165, 1.54) is 32.1 Å². The lowest BCUT2D eigenvalue weighted by Gasteiger charge is -2.21. The zero-order valence-corrected chi connectivity index (χ0v) is 15.9. The molecular formula is C21H25N7. The number of aromatic nitrogens is 4. The fraction of sp³-hybridized carbons (Fsp3) is 0.476. The van der Waals surface area contributed by atoms with Gasteiger partial charge in [-0.15, -0.1) is 0 Å². The highest BCUT2D eigenvalue weighted by Gasteiger charge is 2.57. The van der Waals surface area contributed by atoms with Crippen molar-refractivity contribution in [1.82, 2.24) is 19.5 Å². The monoisotopic (exact) mass is 375 g/mol. The largest absolute Gasteiger partial charge is 0.368 e. The van der Waals surface area contributed by atoms with Crippen molar-refractivity contribution in [3.8, 4) is 0 Å². The highest BCUT2D eigenvalue weighted by Crippen LogP contribution is 2.48. The summed E-state index contributed by atoms with van der Waals surface area (Å²) in [6.07, 6.45) is 12.2. The summed E-state index contributed by atoms with van der Waals surface area (Å²) in [6, 6.07) is 6.76. The van der Waals surface area contributed by atoms with Gasteiger partial charge in [-0.3, -0.25) is 0 Å². The Balaban J connectivity index is 1.21. The maximum absolute atomic E-state index is 6.31. The molecule has 6 rings (SSSR count). The van der Waals surface area contributed by atoms with Crippen LogP contribution in [0.2, 0.25) is 0 Å². The van der Waals surface area contributed by atoms with Crippen molar-refractivity contribution in [3.63, 3.8) is 0 Å². The van der Waals surface area contributed by atoms with Crippen LogP contribution in [0.15, 0.2) is 36.8 Å². The molecule has 0 bridgehead atoms. The van der Waals surface area contributed by atoms with Gasteiger partial charge in [-0.1, -0.05) is 12.8 Å². The third-order valence-electron chi connectivity index (χ3n) is 6.73. The zero-order chi connectivity index (χ0) is 18.7. The smallest absolute Gasteiger partial charge is 0.230 e. The Labute approximate surface area is 164 Å². The standard InChI is InChI=1S/C21H25N7/c22-21-9-15(21)12-27(13-21)17-5-6-18(23-11-17)25-20-24-10-14-7-8-28(19(14)26-20)16-3-1-2-4-16/h5-8,10-11,15-16H,1-4,9,12-13,22H2,(H,23,24,25,26). The fourth-order valence-electron chi connectivity index (χ4n) is 4.96. The van der Waals surface area contributed by atoms with Gasteiger partial charge in [0.15, 0.2) is 0 Å². The summed E-state index contributed by atoms with van der Waals surface area (Å²) in [5, 5.41) is 4.34. The number of pyridine rings is 1. The first-order chi connectivity index (χ1) is 13.7. The van der Waals surface area contributed by atoms with Gasteiger partial charge in [0, 0.05) is 42.5 Å². The van der Waals surface area contributed by atoms with Crippen LogP contribution >= 0.6 is 0 Å². The third-order valence-corrected chi connectivity index (χ3v) is 6.73. The Kier molecular flexibility index (Phi) is 3.44. The van der Waals surface area contributed by atoms with E-state index in [4.69, 9.17) is 10.7 Å². The first kappa shape index (κ1) is 16.3. The fourth-order valence-corrected chi connectivity index (χ4v) is 4.96. The van der Waals surface area contributed by atoms with Crippen LogP contribution in [0.5, 0.6) is 0 Å². The topological polar surface area (TPSA) is 84.9 Å². The number of rotatable bonds is 4. The summed E-state index contributed by atoms with van der Waals surface area (Å²) in [7, 11) is 0. The van der Waals surface area contributed by atoms with E-state index in [9.17, 15) is 0 Å². The molecule has 3 aromatic rings. The molecule has 2 aliphatic carbocycles. The van der Waals surface area contributed by atoms with Gasteiger partial charge in [0.25, 0.3) is 0 Å². The van der Waals surface area contributed by atoms with Crippen molar-refractivity contribution < 1.29 is 0 Å². The van der Waals surface area contributed by atoms with E-state index in [-0.39, 0.29) is 5.54 Å². The minimum atomic E-state index is 0.0500. The number of nitrogens with zero attached hydrogens (tertiary/aromatic N) is 5. The summed E-state index contributed by atoms with van der Waals surface area (Å²) in [5.41, 5.74) is 8.50. The normalized spacial score (nSPS) is 26.8. The second kappa shape index (κ2) is 5.91. The maximum atomic E-state index is 6.31. The molecule has 2 unspecified atom stereocenters. The van der Waals surface area contributed by atoms with Crippen LogP contribution in [-0.2, 0) is 0 Å². The molecule has 7 heteroatoms. The first-order valence-corrected chi connectivity index (χ1v) is 10.3. The highest BCUT2D eigenvalue weighted by atomic mass is 15.2. The van der Waals surface area contributed by atoms with Crippen LogP contribution in [0.3, 0.4) is 0 Å². The second-order valence-electron chi connectivity index (χ2n) is 8.68. The summed E-state index contributed by atoms with van der Waals surface area (Å²) in [5.74, 6) is 2.00. The quantitative estimate of drug-likeness (QED) is 0.728. The molecule has 2 saturated carbocycles. The van der Waals surface area contributed by atoms with Crippen molar-refractivity contribution in [2.75, 3.05) is 23.3 Å². The van der Waals surface area contributed by atoms with Crippen LogP contribution in [0.4, 0.5) is 17.5 Å². The summed E-state index contributed by atoms with van der Waals surface area (Å²) in [6.45, 7) is 1.98. The molecule has 144 valence electrons. The second-order valence-corrected chi connectivity index (χ2v) is 8.68. The molecule has 0 amide bonds. The van der Waals surface area contributed by atoms with Crippen molar-refractivity contribution >= 4 is 28.5 Å². The molecule has 2 atom stereocenters. The maximum Gasteiger partial charge on any atom is 0.230 e. The van der Waals surface area contributed by atoms with Crippen molar-refractivity contribution in [2.45, 2.75) is 43.7 Å². The van der Waals surface area contributed by atoms with Gasteiger partial charge >= 0.3 is 0 Å². The number of fused-ring (bicyclic) bond motifs is 2. The number of piperidine rings is 1. The molecule has 0 spiro atoms. The van der Waals surface area contributed by atoms with Gasteiger partial charge in [-0.2, -0.15) is 4.98 Å². The van der Waals surface area contributed by atoms with Gasteiger partial charge < -0.3 is 20.5 Å². The molecule has 3 N–H and O–H groups in total. The predicted molar refractivity (Wildman–Crippen MR) is 110 cm³/mol. The molecular weight excluding hydrogens is 350 g/mol. The lowest BCUT2D eigenvalue weighted by Crippen LogP contribution is -2.33. The van der Waals surface area contributed by atoms with E-state index >= 15 is 0 Å². The molecule has 1 saturated heterocycles. The number of hydrogen-bond donors (Lipinski definition) is 2. The number of hydrogen-bond acceptors (Lipinski definition) is 6. The van der Waals surface area contributed by atoms with Crippen LogP contribution in [0, 0.1) is 5.92 Å². The predicted octanol–water partition coefficient (Wildman–Crippen LogP) is 3.22. The average Bonchev–Trinajstić information content (AvgIpc) is 3.18. The summed E-state index contributed by atoms with van der Waals surface area (Å²) < 4.78 is 2.31. The summed E-state index contributed by atoms with van der Waals surface area (Å²) >= 11 is 0. The number of anilines is 3. The molecule has 3 aromatic heterocycles. The van der Waals surface area contributed by atoms with E-state index in [0.29, 0.717) is 17.9 Å². The van der Waals surface area contributed by atoms with E-state index in [0.717, 1.165) is 35.6 Å². The Morgan fingerprint density at radius 1 is 1.11 bits per heavy atom. The van der Waals surface area contributed by atoms with Gasteiger partial charge in [0.1, 0.15) is 11.5 Å². The van der Waals surface area contributed by atoms with E-state index < -0.39 is 0 Å². The third kappa shape index (κ3) is 2.64. The minimum Gasteiger partial charge on any atom is -0.368 e. The van der Waals surface area contributed by atoms with Crippen molar-refractivity contribution in [3.05, 3.63) is 36.8 Å². The lowest BCUT2D eigenvalue weighted by molar-refractivity contribution is 0.532. The Morgan fingerprint density at radius 3 is 2.75 bits per heavy atom. The SMILES string of the molecule is NC12CC1CN(c1ccc(Nc3ncc4ccn(C5CCCC5)c4n3)nc1)C2. The molecule has 0 radical (unpaired) electrons. The van der Waals surface area contributed by atoms with Gasteiger partial charge in [-0.25, -0.2) is 9.97 Å². The first-order valence-electron chi connectivity index (χ1n) is 10.3. The Hall–Kier alpha value is -2.67. The van der Waals surface area contributed by atoms with Gasteiger partial charge in [0.05, 0.1) is 11.9 Å². The molecule has 3 fully saturated rings. The molecule has 0 aromatic carbocycles. The highest BCUT2D eigenvalue weighted by molar-refractivity contribution is 5.77. The molecule has 4 heterocycles. The van der Waals surface area contributed by atoms with Gasteiger partial charge in [0.2, 0.25) is 5.95 Å². The molecule has 28 heavy (non-hydrogen) atoms. The number of nitrogens with two attached hydrogens (primary N) is 1. The molecule has 7 nitrogen and oxygen atoms in total. The zero-order valence-electron chi connectivity index (χ0n) is 15.9. The number of nitrogens with one attached hydrogen (secondary N) is 1. The average molecular weight is 375 g/mol. The van der Waals surface area contributed by atoms with Gasteiger partial charge in [-0.05, 0) is 43.4 Å². The van der Waals surface area contributed by atoms with Crippen LogP contribution in [0.25, 0.3) is 11.0 Å². The Morgan fingerprint density at radius 2 is 2.00 bits per heavy atom. The van der Waals surface area contributed by atoms with Crippen LogP contribution < -0.4 is 16.0 Å². The van der Waals surface area contributed by atoms with E-state index in [1.807, 2.05) is 18.5 Å². The molecule has 1 aliphatic heterocycles.